The van der Waals surface area contributed by atoms with Gasteiger partial charge < -0.3 is 10.5 Å². The highest BCUT2D eigenvalue weighted by Gasteiger charge is 2.25. The fourth-order valence-electron chi connectivity index (χ4n) is 1.73. The molecule has 1 aromatic rings. The lowest BCUT2D eigenvalue weighted by Crippen LogP contribution is -2.33. The monoisotopic (exact) mass is 204 g/mol. The number of benzene rings is 1. The standard InChI is InChI=1S/C12H16N2O/c1-8(2)14-12(13)11-7-9-5-3-4-6-10(9)15-11/h3-6,8,11H,7H2,1-2H3,(H2,13,14). The van der Waals surface area contributed by atoms with Gasteiger partial charge in [-0.2, -0.15) is 0 Å². The molecule has 15 heavy (non-hydrogen) atoms. The topological polar surface area (TPSA) is 47.6 Å². The molecule has 0 radical (unpaired) electrons. The third-order valence-electron chi connectivity index (χ3n) is 2.38. The largest absolute Gasteiger partial charge is 0.482 e. The first-order chi connectivity index (χ1) is 7.16. The molecule has 0 amide bonds. The Labute approximate surface area is 90.0 Å². The van der Waals surface area contributed by atoms with Crippen molar-refractivity contribution in [3.8, 4) is 5.75 Å². The highest BCUT2D eigenvalue weighted by Crippen LogP contribution is 2.28. The number of hydrogen-bond acceptors (Lipinski definition) is 2. The van der Waals surface area contributed by atoms with E-state index in [2.05, 4.69) is 11.1 Å². The summed E-state index contributed by atoms with van der Waals surface area (Å²) in [7, 11) is 0. The van der Waals surface area contributed by atoms with Crippen LogP contribution in [0.3, 0.4) is 0 Å². The molecule has 0 saturated heterocycles. The molecular formula is C12H16N2O. The first kappa shape index (κ1) is 10.0. The van der Waals surface area contributed by atoms with Crippen molar-refractivity contribution < 1.29 is 4.74 Å². The van der Waals surface area contributed by atoms with E-state index in [0.717, 1.165) is 12.2 Å². The average molecular weight is 204 g/mol. The van der Waals surface area contributed by atoms with Gasteiger partial charge in [0.2, 0.25) is 0 Å². The Balaban J connectivity index is 2.13. The maximum absolute atomic E-state index is 5.88. The number of fused-ring (bicyclic) bond motifs is 1. The van der Waals surface area contributed by atoms with Crippen LogP contribution >= 0.6 is 0 Å². The number of aliphatic imine (C=N–C) groups is 1. The Morgan fingerprint density at radius 2 is 2.20 bits per heavy atom. The third kappa shape index (κ3) is 2.12. The molecule has 2 rings (SSSR count). The molecule has 1 unspecified atom stereocenters. The summed E-state index contributed by atoms with van der Waals surface area (Å²) in [5.41, 5.74) is 7.10. The van der Waals surface area contributed by atoms with Crippen LogP contribution in [-0.2, 0) is 6.42 Å². The third-order valence-corrected chi connectivity index (χ3v) is 2.38. The zero-order valence-corrected chi connectivity index (χ0v) is 9.10. The second kappa shape index (κ2) is 3.93. The molecule has 3 heteroatoms. The van der Waals surface area contributed by atoms with E-state index >= 15 is 0 Å². The molecule has 1 aliphatic rings. The lowest BCUT2D eigenvalue weighted by Gasteiger charge is -2.10. The Kier molecular flexibility index (Phi) is 2.62. The van der Waals surface area contributed by atoms with Gasteiger partial charge in [-0.3, -0.25) is 4.99 Å². The predicted molar refractivity (Wildman–Crippen MR) is 61.3 cm³/mol. The molecular weight excluding hydrogens is 188 g/mol. The number of ether oxygens (including phenoxy) is 1. The molecule has 0 spiro atoms. The van der Waals surface area contributed by atoms with Gasteiger partial charge in [0, 0.05) is 12.5 Å². The second-order valence-corrected chi connectivity index (χ2v) is 4.07. The van der Waals surface area contributed by atoms with Crippen molar-refractivity contribution in [1.29, 1.82) is 0 Å². The van der Waals surface area contributed by atoms with Gasteiger partial charge in [-0.25, -0.2) is 0 Å². The molecule has 0 aromatic heterocycles. The lowest BCUT2D eigenvalue weighted by atomic mass is 10.1. The van der Waals surface area contributed by atoms with Crippen molar-refractivity contribution in [2.75, 3.05) is 0 Å². The van der Waals surface area contributed by atoms with E-state index in [9.17, 15) is 0 Å². The van der Waals surface area contributed by atoms with E-state index < -0.39 is 0 Å². The summed E-state index contributed by atoms with van der Waals surface area (Å²) in [5, 5.41) is 0. The van der Waals surface area contributed by atoms with Crippen LogP contribution in [0.5, 0.6) is 5.75 Å². The predicted octanol–water partition coefficient (Wildman–Crippen LogP) is 1.76. The van der Waals surface area contributed by atoms with Crippen molar-refractivity contribution in [2.45, 2.75) is 32.4 Å². The Bertz CT molecular complexity index is 360. The highest BCUT2D eigenvalue weighted by atomic mass is 16.5. The van der Waals surface area contributed by atoms with Crippen LogP contribution in [0, 0.1) is 0 Å². The maximum Gasteiger partial charge on any atom is 0.159 e. The van der Waals surface area contributed by atoms with Crippen LogP contribution in [0.4, 0.5) is 0 Å². The van der Waals surface area contributed by atoms with E-state index in [-0.39, 0.29) is 12.1 Å². The molecule has 0 aliphatic carbocycles. The quantitative estimate of drug-likeness (QED) is 0.589. The Morgan fingerprint density at radius 3 is 2.87 bits per heavy atom. The van der Waals surface area contributed by atoms with Crippen molar-refractivity contribution in [3.63, 3.8) is 0 Å². The minimum absolute atomic E-state index is 0.0789. The minimum Gasteiger partial charge on any atom is -0.482 e. The molecule has 1 aliphatic heterocycles. The van der Waals surface area contributed by atoms with E-state index in [1.807, 2.05) is 32.0 Å². The van der Waals surface area contributed by atoms with Crippen molar-refractivity contribution in [1.82, 2.24) is 0 Å². The number of para-hydroxylation sites is 1. The fraction of sp³-hybridized carbons (Fsp3) is 0.417. The number of nitrogens with two attached hydrogens (primary N) is 1. The van der Waals surface area contributed by atoms with Crippen LogP contribution in [0.25, 0.3) is 0 Å². The second-order valence-electron chi connectivity index (χ2n) is 4.07. The van der Waals surface area contributed by atoms with Gasteiger partial charge in [0.05, 0.1) is 0 Å². The van der Waals surface area contributed by atoms with Crippen LogP contribution in [-0.4, -0.2) is 18.0 Å². The highest BCUT2D eigenvalue weighted by molar-refractivity contribution is 5.86. The summed E-state index contributed by atoms with van der Waals surface area (Å²) in [4.78, 5) is 4.31. The van der Waals surface area contributed by atoms with Crippen LogP contribution in [0.15, 0.2) is 29.3 Å². The van der Waals surface area contributed by atoms with Gasteiger partial charge >= 0.3 is 0 Å². The molecule has 0 bridgehead atoms. The van der Waals surface area contributed by atoms with Gasteiger partial charge in [-0.1, -0.05) is 18.2 Å². The summed E-state index contributed by atoms with van der Waals surface area (Å²) in [5.74, 6) is 1.53. The normalized spacial score (nSPS) is 20.2. The van der Waals surface area contributed by atoms with Crippen molar-refractivity contribution >= 4 is 5.84 Å². The first-order valence-electron chi connectivity index (χ1n) is 5.24. The molecule has 1 aromatic carbocycles. The van der Waals surface area contributed by atoms with Crippen LogP contribution < -0.4 is 10.5 Å². The summed E-state index contributed by atoms with van der Waals surface area (Å²) in [6.45, 7) is 4.02. The van der Waals surface area contributed by atoms with Gasteiger partial charge in [0.15, 0.2) is 6.10 Å². The molecule has 3 nitrogen and oxygen atoms in total. The van der Waals surface area contributed by atoms with Gasteiger partial charge in [0.25, 0.3) is 0 Å². The smallest absolute Gasteiger partial charge is 0.159 e. The Morgan fingerprint density at radius 1 is 1.47 bits per heavy atom. The van der Waals surface area contributed by atoms with Gasteiger partial charge in [0.1, 0.15) is 11.6 Å². The van der Waals surface area contributed by atoms with Crippen molar-refractivity contribution in [2.24, 2.45) is 10.7 Å². The number of amidine groups is 1. The molecule has 0 fully saturated rings. The molecule has 1 atom stereocenters. The van der Waals surface area contributed by atoms with E-state index in [1.54, 1.807) is 0 Å². The van der Waals surface area contributed by atoms with Crippen LogP contribution in [0.1, 0.15) is 19.4 Å². The summed E-state index contributed by atoms with van der Waals surface area (Å²) in [6, 6.07) is 8.24. The number of hydrogen-bond donors (Lipinski definition) is 1. The van der Waals surface area contributed by atoms with Gasteiger partial charge in [-0.15, -0.1) is 0 Å². The SMILES string of the molecule is CC(C)N=C(N)C1Cc2ccccc2O1. The Hall–Kier alpha value is -1.51. The summed E-state index contributed by atoms with van der Waals surface area (Å²) >= 11 is 0. The fourth-order valence-corrected chi connectivity index (χ4v) is 1.73. The number of rotatable bonds is 2. The van der Waals surface area contributed by atoms with E-state index in [0.29, 0.717) is 5.84 Å². The number of nitrogens with zero attached hydrogens (tertiary/aromatic N) is 1. The molecule has 2 N–H and O–H groups in total. The van der Waals surface area contributed by atoms with E-state index in [4.69, 9.17) is 10.5 Å². The summed E-state index contributed by atoms with van der Waals surface area (Å²) in [6.07, 6.45) is 0.753. The average Bonchev–Trinajstić information content (AvgIpc) is 2.59. The maximum atomic E-state index is 5.88. The minimum atomic E-state index is -0.0789. The van der Waals surface area contributed by atoms with Gasteiger partial charge in [-0.05, 0) is 25.5 Å². The first-order valence-corrected chi connectivity index (χ1v) is 5.24. The molecule has 1 heterocycles. The van der Waals surface area contributed by atoms with Crippen LogP contribution in [0.2, 0.25) is 0 Å². The molecule has 80 valence electrons. The van der Waals surface area contributed by atoms with E-state index in [1.165, 1.54) is 5.56 Å². The zero-order chi connectivity index (χ0) is 10.8. The summed E-state index contributed by atoms with van der Waals surface area (Å²) < 4.78 is 5.71. The lowest BCUT2D eigenvalue weighted by molar-refractivity contribution is 0.299. The van der Waals surface area contributed by atoms with Crippen molar-refractivity contribution in [3.05, 3.63) is 29.8 Å². The zero-order valence-electron chi connectivity index (χ0n) is 9.10. The molecule has 0 saturated carbocycles.